The van der Waals surface area contributed by atoms with E-state index in [-0.39, 0.29) is 24.8 Å². The van der Waals surface area contributed by atoms with E-state index in [1.165, 1.54) is 0 Å². The number of hydrogen-bond donors (Lipinski definition) is 2. The van der Waals surface area contributed by atoms with Crippen LogP contribution < -0.4 is 5.32 Å². The number of rotatable bonds is 5. The highest BCUT2D eigenvalue weighted by Crippen LogP contribution is 2.26. The lowest BCUT2D eigenvalue weighted by Crippen LogP contribution is -2.53. The van der Waals surface area contributed by atoms with Crippen molar-refractivity contribution < 1.29 is 19.5 Å². The quantitative estimate of drug-likeness (QED) is 0.784. The standard InChI is InChI=1S/C14H25N3O4/c1-4-15-13(21)17-7-5-16(6-8-17)11(18)9-14(2,3)10-12(19)20/h4-10H2,1-3H3,(H,15,21)(H,19,20). The molecule has 0 radical (unpaired) electrons. The summed E-state index contributed by atoms with van der Waals surface area (Å²) in [6, 6.07) is -0.101. The van der Waals surface area contributed by atoms with Gasteiger partial charge in [0.15, 0.2) is 0 Å². The molecule has 1 aliphatic heterocycles. The van der Waals surface area contributed by atoms with Crippen LogP contribution in [0.15, 0.2) is 0 Å². The SMILES string of the molecule is CCNC(=O)N1CCN(C(=O)CC(C)(C)CC(=O)O)CC1. The van der Waals surface area contributed by atoms with Gasteiger partial charge in [0.2, 0.25) is 5.91 Å². The summed E-state index contributed by atoms with van der Waals surface area (Å²) in [5.74, 6) is -0.939. The van der Waals surface area contributed by atoms with Gasteiger partial charge in [0.1, 0.15) is 0 Å². The second kappa shape index (κ2) is 7.28. The molecular formula is C14H25N3O4. The molecule has 7 heteroatoms. The molecule has 120 valence electrons. The van der Waals surface area contributed by atoms with Crippen molar-refractivity contribution in [3.05, 3.63) is 0 Å². The molecule has 0 bridgehead atoms. The van der Waals surface area contributed by atoms with Crippen molar-refractivity contribution >= 4 is 17.9 Å². The number of urea groups is 1. The number of carboxylic acids is 1. The summed E-state index contributed by atoms with van der Waals surface area (Å²) in [6.07, 6.45) is 0.179. The molecule has 3 amide bonds. The minimum Gasteiger partial charge on any atom is -0.481 e. The summed E-state index contributed by atoms with van der Waals surface area (Å²) in [5.41, 5.74) is -0.556. The van der Waals surface area contributed by atoms with Gasteiger partial charge in [-0.25, -0.2) is 4.79 Å². The first-order valence-corrected chi connectivity index (χ1v) is 7.27. The number of carboxylic acid groups (broad SMARTS) is 1. The molecular weight excluding hydrogens is 274 g/mol. The molecule has 0 aliphatic carbocycles. The van der Waals surface area contributed by atoms with E-state index in [0.717, 1.165) is 0 Å². The molecule has 0 saturated carbocycles. The summed E-state index contributed by atoms with van der Waals surface area (Å²) in [7, 11) is 0. The van der Waals surface area contributed by atoms with Crippen LogP contribution in [0.1, 0.15) is 33.6 Å². The predicted molar refractivity (Wildman–Crippen MR) is 77.9 cm³/mol. The number of piperazine rings is 1. The lowest BCUT2D eigenvalue weighted by Gasteiger charge is -2.36. The summed E-state index contributed by atoms with van der Waals surface area (Å²) < 4.78 is 0. The lowest BCUT2D eigenvalue weighted by molar-refractivity contribution is -0.141. The molecule has 2 N–H and O–H groups in total. The van der Waals surface area contributed by atoms with Crippen LogP contribution in [-0.2, 0) is 9.59 Å². The Balaban J connectivity index is 2.45. The monoisotopic (exact) mass is 299 g/mol. The van der Waals surface area contributed by atoms with Gasteiger partial charge in [0.25, 0.3) is 0 Å². The predicted octanol–water partition coefficient (Wildman–Crippen LogP) is 0.751. The smallest absolute Gasteiger partial charge is 0.317 e. The van der Waals surface area contributed by atoms with E-state index in [4.69, 9.17) is 5.11 Å². The number of carbonyl (C=O) groups excluding carboxylic acids is 2. The molecule has 0 aromatic rings. The molecule has 1 aliphatic rings. The third-order valence-corrected chi connectivity index (χ3v) is 3.51. The Labute approximate surface area is 125 Å². The summed E-state index contributed by atoms with van der Waals surface area (Å²) in [5, 5.41) is 11.6. The molecule has 7 nitrogen and oxygen atoms in total. The van der Waals surface area contributed by atoms with E-state index in [1.807, 2.05) is 6.92 Å². The van der Waals surface area contributed by atoms with Crippen molar-refractivity contribution in [2.45, 2.75) is 33.6 Å². The van der Waals surface area contributed by atoms with E-state index in [0.29, 0.717) is 32.7 Å². The van der Waals surface area contributed by atoms with E-state index >= 15 is 0 Å². The van der Waals surface area contributed by atoms with Gasteiger partial charge in [-0.2, -0.15) is 0 Å². The third kappa shape index (κ3) is 5.61. The minimum absolute atomic E-state index is 0.0301. The molecule has 0 unspecified atom stereocenters. The molecule has 1 heterocycles. The molecule has 1 saturated heterocycles. The number of amides is 3. The molecule has 0 spiro atoms. The van der Waals surface area contributed by atoms with Gasteiger partial charge >= 0.3 is 12.0 Å². The zero-order valence-corrected chi connectivity index (χ0v) is 13.0. The van der Waals surface area contributed by atoms with Crippen LogP contribution in [0, 0.1) is 5.41 Å². The van der Waals surface area contributed by atoms with Crippen LogP contribution in [0.2, 0.25) is 0 Å². The fraction of sp³-hybridized carbons (Fsp3) is 0.786. The normalized spacial score (nSPS) is 15.8. The zero-order chi connectivity index (χ0) is 16.0. The van der Waals surface area contributed by atoms with Gasteiger partial charge in [0.05, 0.1) is 6.42 Å². The fourth-order valence-electron chi connectivity index (χ4n) is 2.42. The van der Waals surface area contributed by atoms with Crippen molar-refractivity contribution in [1.82, 2.24) is 15.1 Å². The first kappa shape index (κ1) is 17.3. The van der Waals surface area contributed by atoms with Crippen molar-refractivity contribution in [2.24, 2.45) is 5.41 Å². The average Bonchev–Trinajstić information content (AvgIpc) is 2.37. The van der Waals surface area contributed by atoms with Gasteiger partial charge in [0, 0.05) is 39.1 Å². The number of carbonyl (C=O) groups is 3. The maximum absolute atomic E-state index is 12.2. The van der Waals surface area contributed by atoms with Crippen molar-refractivity contribution in [3.8, 4) is 0 Å². The Hall–Kier alpha value is -1.79. The summed E-state index contributed by atoms with van der Waals surface area (Å²) in [6.45, 7) is 8.03. The molecule has 0 aromatic carbocycles. The highest BCUT2D eigenvalue weighted by atomic mass is 16.4. The van der Waals surface area contributed by atoms with Crippen LogP contribution in [0.4, 0.5) is 4.79 Å². The van der Waals surface area contributed by atoms with E-state index in [2.05, 4.69) is 5.32 Å². The molecule has 1 fully saturated rings. The zero-order valence-electron chi connectivity index (χ0n) is 13.0. The first-order chi connectivity index (χ1) is 9.75. The number of nitrogens with zero attached hydrogens (tertiary/aromatic N) is 2. The largest absolute Gasteiger partial charge is 0.481 e. The van der Waals surface area contributed by atoms with Crippen LogP contribution in [0.5, 0.6) is 0 Å². The Morgan fingerprint density at radius 1 is 1.05 bits per heavy atom. The minimum atomic E-state index is -0.895. The van der Waals surface area contributed by atoms with E-state index in [1.54, 1.807) is 23.6 Å². The first-order valence-electron chi connectivity index (χ1n) is 7.27. The highest BCUT2D eigenvalue weighted by Gasteiger charge is 2.30. The van der Waals surface area contributed by atoms with E-state index in [9.17, 15) is 14.4 Å². The molecule has 0 atom stereocenters. The topological polar surface area (TPSA) is 90.0 Å². The number of nitrogens with one attached hydrogen (secondary N) is 1. The van der Waals surface area contributed by atoms with E-state index < -0.39 is 11.4 Å². The highest BCUT2D eigenvalue weighted by molar-refractivity contribution is 5.79. The Bertz CT molecular complexity index is 401. The maximum atomic E-state index is 12.2. The Morgan fingerprint density at radius 2 is 1.57 bits per heavy atom. The van der Waals surface area contributed by atoms with Gasteiger partial charge in [-0.1, -0.05) is 13.8 Å². The molecule has 1 rings (SSSR count). The third-order valence-electron chi connectivity index (χ3n) is 3.51. The van der Waals surface area contributed by atoms with Gasteiger partial charge in [-0.05, 0) is 12.3 Å². The molecule has 0 aromatic heterocycles. The van der Waals surface area contributed by atoms with Crippen molar-refractivity contribution in [2.75, 3.05) is 32.7 Å². The maximum Gasteiger partial charge on any atom is 0.317 e. The second-order valence-electron chi connectivity index (χ2n) is 6.11. The van der Waals surface area contributed by atoms with Crippen molar-refractivity contribution in [3.63, 3.8) is 0 Å². The Kier molecular flexibility index (Phi) is 5.99. The van der Waals surface area contributed by atoms with Gasteiger partial charge in [-0.15, -0.1) is 0 Å². The van der Waals surface area contributed by atoms with Crippen LogP contribution in [0.3, 0.4) is 0 Å². The lowest BCUT2D eigenvalue weighted by atomic mass is 9.85. The van der Waals surface area contributed by atoms with Crippen LogP contribution in [0.25, 0.3) is 0 Å². The van der Waals surface area contributed by atoms with Crippen LogP contribution in [-0.4, -0.2) is 65.5 Å². The number of hydrogen-bond acceptors (Lipinski definition) is 3. The Morgan fingerprint density at radius 3 is 2.05 bits per heavy atom. The summed E-state index contributed by atoms with van der Waals surface area (Å²) >= 11 is 0. The van der Waals surface area contributed by atoms with Crippen molar-refractivity contribution in [1.29, 1.82) is 0 Å². The van der Waals surface area contributed by atoms with Gasteiger partial charge < -0.3 is 20.2 Å². The van der Waals surface area contributed by atoms with Crippen LogP contribution >= 0.6 is 0 Å². The van der Waals surface area contributed by atoms with Gasteiger partial charge in [-0.3, -0.25) is 9.59 Å². The molecule has 21 heavy (non-hydrogen) atoms. The fourth-order valence-corrected chi connectivity index (χ4v) is 2.42. The number of aliphatic carboxylic acids is 1. The summed E-state index contributed by atoms with van der Waals surface area (Å²) in [4.78, 5) is 38.1. The average molecular weight is 299 g/mol. The second-order valence-corrected chi connectivity index (χ2v) is 6.11.